The molecule has 0 aromatic heterocycles. The second-order valence-electron chi connectivity index (χ2n) is 6.52. The number of rotatable bonds is 16. The minimum Gasteiger partial charge on any atom is -0.387 e. The summed E-state index contributed by atoms with van der Waals surface area (Å²) >= 11 is 0. The van der Waals surface area contributed by atoms with Gasteiger partial charge in [0.1, 0.15) is 19.2 Å². The van der Waals surface area contributed by atoms with Gasteiger partial charge in [-0.25, -0.2) is 9.78 Å². The molecule has 8 heteroatoms. The first kappa shape index (κ1) is 24.7. The van der Waals surface area contributed by atoms with Gasteiger partial charge in [-0.3, -0.25) is 4.57 Å². The number of benzene rings is 1. The molecule has 0 spiro atoms. The molecule has 0 aliphatic heterocycles. The highest BCUT2D eigenvalue weighted by atomic mass is 31.2. The molecule has 1 unspecified atom stereocenters. The van der Waals surface area contributed by atoms with Gasteiger partial charge >= 0.3 is 7.60 Å². The molecule has 1 atom stereocenters. The average Bonchev–Trinajstić information content (AvgIpc) is 2.66. The van der Waals surface area contributed by atoms with Crippen LogP contribution in [0, 0.1) is 0 Å². The molecule has 28 heavy (non-hydrogen) atoms. The molecule has 0 aliphatic carbocycles. The second kappa shape index (κ2) is 13.0. The molecule has 0 bridgehead atoms. The van der Waals surface area contributed by atoms with Gasteiger partial charge in [-0.2, -0.15) is 0 Å². The van der Waals surface area contributed by atoms with Crippen molar-refractivity contribution in [3.8, 4) is 0 Å². The van der Waals surface area contributed by atoms with Crippen molar-refractivity contribution in [2.45, 2.75) is 26.5 Å². The summed E-state index contributed by atoms with van der Waals surface area (Å²) in [5.41, 5.74) is 1.12. The summed E-state index contributed by atoms with van der Waals surface area (Å²) in [6.45, 7) is 13.7. The van der Waals surface area contributed by atoms with E-state index < -0.39 is 13.7 Å². The van der Waals surface area contributed by atoms with Gasteiger partial charge in [0, 0.05) is 5.56 Å². The van der Waals surface area contributed by atoms with Crippen molar-refractivity contribution in [1.82, 2.24) is 0 Å². The lowest BCUT2D eigenvalue weighted by atomic mass is 10.1. The maximum absolute atomic E-state index is 12.8. The zero-order chi connectivity index (χ0) is 20.9. The Morgan fingerprint density at radius 3 is 2.07 bits per heavy atom. The predicted molar refractivity (Wildman–Crippen MR) is 109 cm³/mol. The number of aliphatic hydroxyl groups is 1. The Hall–Kier alpha value is -1.31. The molecule has 0 heterocycles. The molecular weight excluding hydrogens is 381 g/mol. The van der Waals surface area contributed by atoms with Crippen molar-refractivity contribution in [1.29, 1.82) is 0 Å². The van der Waals surface area contributed by atoms with E-state index in [0.717, 1.165) is 5.56 Å². The second-order valence-corrected chi connectivity index (χ2v) is 8.40. The van der Waals surface area contributed by atoms with Crippen LogP contribution in [0.2, 0.25) is 0 Å². The van der Waals surface area contributed by atoms with Gasteiger partial charge in [0.2, 0.25) is 0 Å². The summed E-state index contributed by atoms with van der Waals surface area (Å²) in [7, 11) is -3.77. The fraction of sp³-hybridized carbons (Fsp3) is 0.500. The van der Waals surface area contributed by atoms with E-state index in [1.807, 2.05) is 42.5 Å². The summed E-state index contributed by atoms with van der Waals surface area (Å²) in [5.74, 6) is 0. The first-order valence-electron chi connectivity index (χ1n) is 9.43. The van der Waals surface area contributed by atoms with E-state index in [0.29, 0.717) is 30.7 Å². The van der Waals surface area contributed by atoms with Crippen LogP contribution < -0.4 is 0 Å². The number of hydrogen-bond acceptors (Lipinski definition) is 6. The van der Waals surface area contributed by atoms with E-state index in [9.17, 15) is 9.67 Å². The SMILES string of the molecule is C=CC[N+](CC=C)(Cc1ccccc1)CC(O)CP(=O)(OOCC)OOCC. The molecule has 0 fully saturated rings. The van der Waals surface area contributed by atoms with Crippen LogP contribution in [-0.4, -0.2) is 54.7 Å². The van der Waals surface area contributed by atoms with E-state index in [4.69, 9.17) is 19.1 Å². The fourth-order valence-corrected chi connectivity index (χ4v) is 4.35. The zero-order valence-corrected chi connectivity index (χ0v) is 17.8. The first-order chi connectivity index (χ1) is 13.4. The third-order valence-corrected chi connectivity index (χ3v) is 5.53. The zero-order valence-electron chi connectivity index (χ0n) is 16.9. The van der Waals surface area contributed by atoms with E-state index in [-0.39, 0.29) is 19.4 Å². The molecule has 0 saturated heterocycles. The molecule has 1 aromatic carbocycles. The lowest BCUT2D eigenvalue weighted by Gasteiger charge is -2.39. The third kappa shape index (κ3) is 8.80. The Morgan fingerprint density at radius 1 is 1.07 bits per heavy atom. The molecule has 0 radical (unpaired) electrons. The van der Waals surface area contributed by atoms with Crippen LogP contribution in [0.5, 0.6) is 0 Å². The fourth-order valence-electron chi connectivity index (χ4n) is 3.04. The van der Waals surface area contributed by atoms with Gasteiger partial charge < -0.3 is 9.59 Å². The van der Waals surface area contributed by atoms with Crippen molar-refractivity contribution in [3.63, 3.8) is 0 Å². The highest BCUT2D eigenvalue weighted by Gasteiger charge is 2.36. The minimum absolute atomic E-state index is 0.191. The van der Waals surface area contributed by atoms with Crippen LogP contribution in [-0.2, 0) is 30.2 Å². The molecule has 0 aliphatic rings. The summed E-state index contributed by atoms with van der Waals surface area (Å²) in [5, 5.41) is 10.7. The predicted octanol–water partition coefficient (Wildman–Crippen LogP) is 3.87. The van der Waals surface area contributed by atoms with Gasteiger partial charge in [-0.1, -0.05) is 43.5 Å². The molecule has 7 nitrogen and oxygen atoms in total. The van der Waals surface area contributed by atoms with Crippen molar-refractivity contribution in [3.05, 3.63) is 61.2 Å². The maximum Gasteiger partial charge on any atom is 0.387 e. The molecular formula is C20H33NO6P+. The minimum atomic E-state index is -3.77. The van der Waals surface area contributed by atoms with E-state index in [1.54, 1.807) is 13.8 Å². The van der Waals surface area contributed by atoms with Gasteiger partial charge in [0.15, 0.2) is 0 Å². The largest absolute Gasteiger partial charge is 0.387 e. The van der Waals surface area contributed by atoms with Crippen molar-refractivity contribution >= 4 is 7.60 Å². The number of hydrogen-bond donors (Lipinski definition) is 1. The van der Waals surface area contributed by atoms with E-state index in [1.165, 1.54) is 0 Å². The first-order valence-corrected chi connectivity index (χ1v) is 11.2. The molecule has 0 saturated carbocycles. The van der Waals surface area contributed by atoms with Gasteiger partial charge in [0.05, 0.1) is 32.5 Å². The monoisotopic (exact) mass is 414 g/mol. The van der Waals surface area contributed by atoms with Crippen molar-refractivity contribution in [2.75, 3.05) is 39.0 Å². The van der Waals surface area contributed by atoms with Gasteiger partial charge in [-0.15, -0.1) is 9.35 Å². The van der Waals surface area contributed by atoms with Crippen LogP contribution in [0.3, 0.4) is 0 Å². The lowest BCUT2D eigenvalue weighted by Crippen LogP contribution is -2.52. The summed E-state index contributed by atoms with van der Waals surface area (Å²) in [6, 6.07) is 9.98. The molecule has 1 N–H and O–H groups in total. The smallest absolute Gasteiger partial charge is 0.387 e. The lowest BCUT2D eigenvalue weighted by molar-refractivity contribution is -0.932. The highest BCUT2D eigenvalue weighted by molar-refractivity contribution is 7.53. The summed E-state index contributed by atoms with van der Waals surface area (Å²) < 4.78 is 23.1. The molecule has 158 valence electrons. The third-order valence-electron chi connectivity index (χ3n) is 3.99. The number of quaternary nitrogens is 1. The Morgan fingerprint density at radius 2 is 1.61 bits per heavy atom. The molecule has 1 aromatic rings. The number of aliphatic hydroxyl groups excluding tert-OH is 1. The Kier molecular flexibility index (Phi) is 11.5. The number of nitrogens with zero attached hydrogens (tertiary/aromatic N) is 1. The van der Waals surface area contributed by atoms with E-state index >= 15 is 0 Å². The highest BCUT2D eigenvalue weighted by Crippen LogP contribution is 2.49. The Bertz CT molecular complexity index is 602. The average molecular weight is 414 g/mol. The van der Waals surface area contributed by atoms with Crippen LogP contribution in [0.1, 0.15) is 19.4 Å². The summed E-state index contributed by atoms with van der Waals surface area (Å²) in [4.78, 5) is 9.60. The van der Waals surface area contributed by atoms with Crippen molar-refractivity contribution in [2.24, 2.45) is 0 Å². The maximum atomic E-state index is 12.8. The Labute approximate surface area is 168 Å². The van der Waals surface area contributed by atoms with E-state index in [2.05, 4.69) is 13.2 Å². The molecule has 1 rings (SSSR count). The topological polar surface area (TPSA) is 74.2 Å². The van der Waals surface area contributed by atoms with Gasteiger partial charge in [-0.05, 0) is 26.0 Å². The Balaban J connectivity index is 2.96. The molecule has 0 amide bonds. The van der Waals surface area contributed by atoms with Crippen LogP contribution in [0.25, 0.3) is 0 Å². The standard InChI is InChI=1S/C20H33NO6P/c1-5-14-21(15-6-2,16-19-12-10-9-11-13-19)17-20(22)18-28(23,26-24-7-3)27-25-8-4/h5-6,9-13,20,22H,1-2,7-8,14-18H2,3-4H3/q+1. The van der Waals surface area contributed by atoms with Crippen LogP contribution in [0.4, 0.5) is 0 Å². The van der Waals surface area contributed by atoms with Crippen LogP contribution in [0.15, 0.2) is 55.6 Å². The van der Waals surface area contributed by atoms with Crippen molar-refractivity contribution < 1.29 is 33.3 Å². The summed E-state index contributed by atoms with van der Waals surface area (Å²) in [6.07, 6.45) is 2.39. The normalized spacial score (nSPS) is 13.2. The van der Waals surface area contributed by atoms with Crippen LogP contribution >= 0.6 is 7.60 Å². The quantitative estimate of drug-likeness (QED) is 0.146. The van der Waals surface area contributed by atoms with Gasteiger partial charge in [0.25, 0.3) is 0 Å².